The Labute approximate surface area is 114 Å². The quantitative estimate of drug-likeness (QED) is 0.890. The van der Waals surface area contributed by atoms with Crippen LogP contribution in [0.4, 0.5) is 6.01 Å². The third-order valence-corrected chi connectivity index (χ3v) is 3.59. The maximum absolute atomic E-state index is 5.27. The van der Waals surface area contributed by atoms with Crippen molar-refractivity contribution in [3.63, 3.8) is 0 Å². The summed E-state index contributed by atoms with van der Waals surface area (Å²) < 4.78 is 5.27. The Kier molecular flexibility index (Phi) is 3.88. The zero-order valence-corrected chi connectivity index (χ0v) is 12.0. The van der Waals surface area contributed by atoms with Crippen LogP contribution in [0.1, 0.15) is 44.2 Å². The standard InChI is InChI=1S/C15H21N3O/c1-5-15(3,4)13-8-6-12(7-9-13)10-16-14-18-17-11(2)19-14/h6-9H,5,10H2,1-4H3,(H,16,18). The molecule has 4 nitrogen and oxygen atoms in total. The fraction of sp³-hybridized carbons (Fsp3) is 0.467. The molecule has 0 saturated carbocycles. The third-order valence-electron chi connectivity index (χ3n) is 3.59. The van der Waals surface area contributed by atoms with Gasteiger partial charge in [-0.25, -0.2) is 0 Å². The predicted octanol–water partition coefficient (Wildman–Crippen LogP) is 3.68. The topological polar surface area (TPSA) is 51.0 Å². The van der Waals surface area contributed by atoms with Crippen molar-refractivity contribution in [1.29, 1.82) is 0 Å². The molecule has 0 fully saturated rings. The van der Waals surface area contributed by atoms with E-state index in [1.165, 1.54) is 11.1 Å². The van der Waals surface area contributed by atoms with Crippen LogP contribution < -0.4 is 5.32 Å². The van der Waals surface area contributed by atoms with Crippen molar-refractivity contribution in [2.45, 2.75) is 46.1 Å². The second-order valence-corrected chi connectivity index (χ2v) is 5.41. The Morgan fingerprint density at radius 1 is 1.16 bits per heavy atom. The molecular formula is C15H21N3O. The number of benzene rings is 1. The van der Waals surface area contributed by atoms with E-state index >= 15 is 0 Å². The first-order valence-corrected chi connectivity index (χ1v) is 6.64. The van der Waals surface area contributed by atoms with Gasteiger partial charge in [0.05, 0.1) is 0 Å². The monoisotopic (exact) mass is 259 g/mol. The molecule has 0 aliphatic rings. The van der Waals surface area contributed by atoms with Crippen molar-refractivity contribution in [2.75, 3.05) is 5.32 Å². The number of nitrogens with one attached hydrogen (secondary N) is 1. The average Bonchev–Trinajstić information content (AvgIpc) is 2.83. The Hall–Kier alpha value is -1.84. The lowest BCUT2D eigenvalue weighted by Crippen LogP contribution is -2.15. The molecule has 1 aromatic heterocycles. The fourth-order valence-corrected chi connectivity index (χ4v) is 1.82. The third kappa shape index (κ3) is 3.34. The molecule has 0 amide bonds. The van der Waals surface area contributed by atoms with Gasteiger partial charge in [-0.2, -0.15) is 0 Å². The van der Waals surface area contributed by atoms with E-state index in [0.29, 0.717) is 18.5 Å². The van der Waals surface area contributed by atoms with Crippen molar-refractivity contribution < 1.29 is 4.42 Å². The van der Waals surface area contributed by atoms with Crippen LogP contribution in [0.15, 0.2) is 28.7 Å². The molecule has 0 unspecified atom stereocenters. The lowest BCUT2D eigenvalue weighted by atomic mass is 9.82. The summed E-state index contributed by atoms with van der Waals surface area (Å²) in [5, 5.41) is 10.8. The zero-order valence-electron chi connectivity index (χ0n) is 12.0. The smallest absolute Gasteiger partial charge is 0.315 e. The van der Waals surface area contributed by atoms with E-state index in [0.717, 1.165) is 6.42 Å². The zero-order chi connectivity index (χ0) is 13.9. The fourth-order valence-electron chi connectivity index (χ4n) is 1.82. The van der Waals surface area contributed by atoms with Gasteiger partial charge in [-0.3, -0.25) is 0 Å². The van der Waals surface area contributed by atoms with Crippen molar-refractivity contribution in [3.8, 4) is 0 Å². The Morgan fingerprint density at radius 2 is 1.84 bits per heavy atom. The van der Waals surface area contributed by atoms with E-state index in [1.54, 1.807) is 6.92 Å². The number of nitrogens with zero attached hydrogens (tertiary/aromatic N) is 2. The minimum absolute atomic E-state index is 0.232. The highest BCUT2D eigenvalue weighted by Gasteiger charge is 2.17. The van der Waals surface area contributed by atoms with Crippen molar-refractivity contribution in [2.24, 2.45) is 0 Å². The molecule has 2 aromatic rings. The lowest BCUT2D eigenvalue weighted by molar-refractivity contribution is 0.506. The average molecular weight is 259 g/mol. The van der Waals surface area contributed by atoms with Crippen molar-refractivity contribution in [1.82, 2.24) is 10.2 Å². The Bertz CT molecular complexity index is 529. The second kappa shape index (κ2) is 5.43. The van der Waals surface area contributed by atoms with Gasteiger partial charge in [-0.1, -0.05) is 50.1 Å². The molecule has 0 radical (unpaired) electrons. The highest BCUT2D eigenvalue weighted by Crippen LogP contribution is 2.26. The maximum Gasteiger partial charge on any atom is 0.315 e. The largest absolute Gasteiger partial charge is 0.408 e. The van der Waals surface area contributed by atoms with Gasteiger partial charge >= 0.3 is 6.01 Å². The van der Waals surface area contributed by atoms with Crippen molar-refractivity contribution in [3.05, 3.63) is 41.3 Å². The number of hydrogen-bond acceptors (Lipinski definition) is 4. The normalized spacial score (nSPS) is 11.6. The minimum Gasteiger partial charge on any atom is -0.408 e. The molecule has 0 saturated heterocycles. The van der Waals surface area contributed by atoms with Crippen LogP contribution in [0, 0.1) is 6.92 Å². The molecule has 0 atom stereocenters. The first kappa shape index (κ1) is 13.6. The lowest BCUT2D eigenvalue weighted by Gasteiger charge is -2.23. The maximum atomic E-state index is 5.27. The van der Waals surface area contributed by atoms with E-state index in [9.17, 15) is 0 Å². The number of anilines is 1. The Morgan fingerprint density at radius 3 is 2.37 bits per heavy atom. The second-order valence-electron chi connectivity index (χ2n) is 5.41. The van der Waals surface area contributed by atoms with Crippen LogP contribution in [0.3, 0.4) is 0 Å². The summed E-state index contributed by atoms with van der Waals surface area (Å²) in [6.45, 7) is 9.21. The molecular weight excluding hydrogens is 238 g/mol. The van der Waals surface area contributed by atoms with Gasteiger partial charge in [0.2, 0.25) is 5.89 Å². The van der Waals surface area contributed by atoms with E-state index in [4.69, 9.17) is 4.42 Å². The van der Waals surface area contributed by atoms with Gasteiger partial charge < -0.3 is 9.73 Å². The van der Waals surface area contributed by atoms with Gasteiger partial charge in [0.1, 0.15) is 0 Å². The Balaban J connectivity index is 1.99. The SMILES string of the molecule is CCC(C)(C)c1ccc(CNc2nnc(C)o2)cc1. The highest BCUT2D eigenvalue weighted by atomic mass is 16.4. The summed E-state index contributed by atoms with van der Waals surface area (Å²) in [5.74, 6) is 0.572. The van der Waals surface area contributed by atoms with Crippen LogP contribution in [0.2, 0.25) is 0 Å². The summed E-state index contributed by atoms with van der Waals surface area (Å²) in [6, 6.07) is 9.14. The van der Waals surface area contributed by atoms with E-state index in [2.05, 4.69) is 60.6 Å². The van der Waals surface area contributed by atoms with Gasteiger partial charge in [0.15, 0.2) is 0 Å². The predicted molar refractivity (Wildman–Crippen MR) is 76.1 cm³/mol. The molecule has 2 rings (SSSR count). The number of hydrogen-bond donors (Lipinski definition) is 1. The molecule has 4 heteroatoms. The molecule has 102 valence electrons. The van der Waals surface area contributed by atoms with E-state index < -0.39 is 0 Å². The van der Waals surface area contributed by atoms with Gasteiger partial charge in [0.25, 0.3) is 0 Å². The minimum atomic E-state index is 0.232. The van der Waals surface area contributed by atoms with Crippen LogP contribution in [-0.4, -0.2) is 10.2 Å². The highest BCUT2D eigenvalue weighted by molar-refractivity contribution is 5.30. The summed E-state index contributed by atoms with van der Waals surface area (Å²) in [7, 11) is 0. The van der Waals surface area contributed by atoms with Gasteiger partial charge in [0, 0.05) is 13.5 Å². The van der Waals surface area contributed by atoms with Gasteiger partial charge in [-0.05, 0) is 23.0 Å². The van der Waals surface area contributed by atoms with Crippen molar-refractivity contribution >= 4 is 6.01 Å². The molecule has 0 bridgehead atoms. The van der Waals surface area contributed by atoms with Crippen LogP contribution in [0.5, 0.6) is 0 Å². The van der Waals surface area contributed by atoms with Crippen LogP contribution in [-0.2, 0) is 12.0 Å². The first-order chi connectivity index (χ1) is 9.01. The van der Waals surface area contributed by atoms with Crippen LogP contribution >= 0.6 is 0 Å². The molecule has 1 aromatic carbocycles. The number of aryl methyl sites for hydroxylation is 1. The molecule has 0 spiro atoms. The van der Waals surface area contributed by atoms with E-state index in [-0.39, 0.29) is 5.41 Å². The molecule has 0 aliphatic carbocycles. The molecule has 0 aliphatic heterocycles. The number of rotatable bonds is 5. The van der Waals surface area contributed by atoms with Gasteiger partial charge in [-0.15, -0.1) is 5.10 Å². The molecule has 1 heterocycles. The van der Waals surface area contributed by atoms with Crippen LogP contribution in [0.25, 0.3) is 0 Å². The first-order valence-electron chi connectivity index (χ1n) is 6.64. The summed E-state index contributed by atoms with van der Waals surface area (Å²) in [4.78, 5) is 0. The molecule has 19 heavy (non-hydrogen) atoms. The number of aromatic nitrogens is 2. The van der Waals surface area contributed by atoms with E-state index in [1.807, 2.05) is 0 Å². The molecule has 1 N–H and O–H groups in total. The summed E-state index contributed by atoms with van der Waals surface area (Å²) in [6.07, 6.45) is 1.13. The summed E-state index contributed by atoms with van der Waals surface area (Å²) >= 11 is 0. The summed E-state index contributed by atoms with van der Waals surface area (Å²) in [5.41, 5.74) is 2.80.